The van der Waals surface area contributed by atoms with Crippen molar-refractivity contribution >= 4 is 17.5 Å². The molecule has 3 rings (SSSR count). The molecule has 1 atom stereocenters. The molecule has 5 heteroatoms. The molecule has 5 nitrogen and oxygen atoms in total. The Kier molecular flexibility index (Phi) is 6.67. The van der Waals surface area contributed by atoms with Crippen molar-refractivity contribution in [2.24, 2.45) is 0 Å². The number of carbonyl (C=O) groups is 2. The Hall–Kier alpha value is -1.88. The topological polar surface area (TPSA) is 61.4 Å². The average Bonchev–Trinajstić information content (AvgIpc) is 2.88. The average molecular weight is 357 g/mol. The lowest BCUT2D eigenvalue weighted by atomic mass is 9.94. The molecule has 1 saturated heterocycles. The second-order valence-electron chi connectivity index (χ2n) is 7.72. The molecule has 2 fully saturated rings. The van der Waals surface area contributed by atoms with Crippen molar-refractivity contribution in [1.29, 1.82) is 0 Å². The number of benzene rings is 1. The van der Waals surface area contributed by atoms with Gasteiger partial charge in [-0.05, 0) is 44.4 Å². The molecule has 1 aliphatic carbocycles. The lowest BCUT2D eigenvalue weighted by molar-refractivity contribution is -0.125. The first-order valence-corrected chi connectivity index (χ1v) is 10.0. The second-order valence-corrected chi connectivity index (χ2v) is 7.72. The van der Waals surface area contributed by atoms with Crippen molar-refractivity contribution in [2.75, 3.05) is 12.4 Å². The Morgan fingerprint density at radius 3 is 2.65 bits per heavy atom. The van der Waals surface area contributed by atoms with E-state index in [-0.39, 0.29) is 11.8 Å². The number of para-hydroxylation sites is 1. The van der Waals surface area contributed by atoms with Gasteiger partial charge in [-0.25, -0.2) is 0 Å². The molecule has 0 aromatic heterocycles. The number of hydrogen-bond acceptors (Lipinski definition) is 3. The van der Waals surface area contributed by atoms with Crippen LogP contribution in [-0.2, 0) is 16.1 Å². The van der Waals surface area contributed by atoms with Gasteiger partial charge in [0.1, 0.15) is 6.04 Å². The summed E-state index contributed by atoms with van der Waals surface area (Å²) in [5.41, 5.74) is 1.99. The summed E-state index contributed by atoms with van der Waals surface area (Å²) in [6.07, 6.45) is 9.50. The van der Waals surface area contributed by atoms with E-state index in [0.29, 0.717) is 18.9 Å². The maximum atomic E-state index is 12.7. The molecule has 2 amide bonds. The molecule has 0 spiro atoms. The van der Waals surface area contributed by atoms with Crippen molar-refractivity contribution in [3.63, 3.8) is 0 Å². The Balaban J connectivity index is 1.64. The predicted molar refractivity (Wildman–Crippen MR) is 104 cm³/mol. The van der Waals surface area contributed by atoms with E-state index in [1.165, 1.54) is 32.1 Å². The molecular weight excluding hydrogens is 326 g/mol. The van der Waals surface area contributed by atoms with Gasteiger partial charge in [0, 0.05) is 24.7 Å². The van der Waals surface area contributed by atoms with Crippen LogP contribution in [0.3, 0.4) is 0 Å². The van der Waals surface area contributed by atoms with Gasteiger partial charge in [-0.3, -0.25) is 14.5 Å². The van der Waals surface area contributed by atoms with Crippen molar-refractivity contribution in [3.05, 3.63) is 29.8 Å². The Labute approximate surface area is 156 Å². The van der Waals surface area contributed by atoms with Gasteiger partial charge in [0.25, 0.3) is 0 Å². The lowest BCUT2D eigenvalue weighted by Crippen LogP contribution is -2.42. The molecule has 1 saturated carbocycles. The fourth-order valence-electron chi connectivity index (χ4n) is 4.09. The minimum absolute atomic E-state index is 0.0204. The van der Waals surface area contributed by atoms with Crippen LogP contribution in [0.4, 0.5) is 5.69 Å². The monoisotopic (exact) mass is 357 g/mol. The summed E-state index contributed by atoms with van der Waals surface area (Å²) in [4.78, 5) is 26.8. The van der Waals surface area contributed by atoms with Crippen molar-refractivity contribution in [1.82, 2.24) is 10.2 Å². The fraction of sp³-hybridized carbons (Fsp3) is 0.619. The largest absolute Gasteiger partial charge is 0.344 e. The first-order chi connectivity index (χ1) is 12.6. The molecule has 0 bridgehead atoms. The zero-order valence-corrected chi connectivity index (χ0v) is 15.8. The molecule has 1 aliphatic heterocycles. The van der Waals surface area contributed by atoms with Gasteiger partial charge in [-0.1, -0.05) is 43.9 Å². The summed E-state index contributed by atoms with van der Waals surface area (Å²) in [7, 11) is 2.18. The zero-order chi connectivity index (χ0) is 18.4. The fourth-order valence-corrected chi connectivity index (χ4v) is 4.09. The summed E-state index contributed by atoms with van der Waals surface area (Å²) >= 11 is 0. The molecule has 2 N–H and O–H groups in total. The van der Waals surface area contributed by atoms with Gasteiger partial charge in [0.15, 0.2) is 0 Å². The molecule has 1 aromatic rings. The highest BCUT2D eigenvalue weighted by molar-refractivity contribution is 5.97. The zero-order valence-electron chi connectivity index (χ0n) is 15.8. The van der Waals surface area contributed by atoms with Crippen molar-refractivity contribution in [3.8, 4) is 0 Å². The SMILES string of the molecule is CN(Cc1ccccc1NC(=O)[C@H]1CCCCC(=O)N1)C1CCCCC1. The smallest absolute Gasteiger partial charge is 0.246 e. The summed E-state index contributed by atoms with van der Waals surface area (Å²) < 4.78 is 0. The van der Waals surface area contributed by atoms with E-state index in [1.807, 2.05) is 18.2 Å². The molecule has 142 valence electrons. The van der Waals surface area contributed by atoms with Crippen LogP contribution in [-0.4, -0.2) is 35.8 Å². The van der Waals surface area contributed by atoms with Crippen LogP contribution in [0.5, 0.6) is 0 Å². The number of rotatable bonds is 5. The summed E-state index contributed by atoms with van der Waals surface area (Å²) in [6.45, 7) is 0.831. The van der Waals surface area contributed by atoms with E-state index < -0.39 is 6.04 Å². The van der Waals surface area contributed by atoms with Crippen LogP contribution in [0, 0.1) is 0 Å². The lowest BCUT2D eigenvalue weighted by Gasteiger charge is -2.31. The molecular formula is C21H31N3O2. The number of carbonyl (C=O) groups excluding carboxylic acids is 2. The van der Waals surface area contributed by atoms with E-state index in [0.717, 1.165) is 30.6 Å². The van der Waals surface area contributed by atoms with Gasteiger partial charge >= 0.3 is 0 Å². The van der Waals surface area contributed by atoms with Gasteiger partial charge in [0.2, 0.25) is 11.8 Å². The van der Waals surface area contributed by atoms with E-state index in [4.69, 9.17) is 0 Å². The van der Waals surface area contributed by atoms with Gasteiger partial charge in [-0.15, -0.1) is 0 Å². The quantitative estimate of drug-likeness (QED) is 0.848. The Morgan fingerprint density at radius 2 is 1.85 bits per heavy atom. The summed E-state index contributed by atoms with van der Waals surface area (Å²) in [5.74, 6) is -0.124. The molecule has 0 unspecified atom stereocenters. The first-order valence-electron chi connectivity index (χ1n) is 10.0. The Bertz CT molecular complexity index is 625. The standard InChI is InChI=1S/C21H31N3O2/c1-24(17-10-3-2-4-11-17)15-16-9-5-6-12-18(16)23-21(26)19-13-7-8-14-20(25)22-19/h5-6,9,12,17,19H,2-4,7-8,10-11,13-15H2,1H3,(H,22,25)(H,23,26)/t19-/m1/s1. The highest BCUT2D eigenvalue weighted by Crippen LogP contribution is 2.25. The third-order valence-corrected chi connectivity index (χ3v) is 5.69. The van der Waals surface area contributed by atoms with E-state index in [2.05, 4.69) is 28.6 Å². The van der Waals surface area contributed by atoms with Crippen LogP contribution in [0.25, 0.3) is 0 Å². The molecule has 2 aliphatic rings. The number of hydrogen-bond donors (Lipinski definition) is 2. The summed E-state index contributed by atoms with van der Waals surface area (Å²) in [6, 6.07) is 8.22. The maximum Gasteiger partial charge on any atom is 0.246 e. The summed E-state index contributed by atoms with van der Waals surface area (Å²) in [5, 5.41) is 5.91. The normalized spacial score (nSPS) is 21.9. The molecule has 0 radical (unpaired) electrons. The number of nitrogens with zero attached hydrogens (tertiary/aromatic N) is 1. The van der Waals surface area contributed by atoms with Crippen LogP contribution < -0.4 is 10.6 Å². The minimum Gasteiger partial charge on any atom is -0.344 e. The van der Waals surface area contributed by atoms with Crippen LogP contribution in [0.2, 0.25) is 0 Å². The highest BCUT2D eigenvalue weighted by atomic mass is 16.2. The second kappa shape index (κ2) is 9.17. The number of nitrogens with one attached hydrogen (secondary N) is 2. The van der Waals surface area contributed by atoms with E-state index in [1.54, 1.807) is 0 Å². The van der Waals surface area contributed by atoms with E-state index in [9.17, 15) is 9.59 Å². The van der Waals surface area contributed by atoms with Crippen LogP contribution in [0.15, 0.2) is 24.3 Å². The van der Waals surface area contributed by atoms with E-state index >= 15 is 0 Å². The van der Waals surface area contributed by atoms with Crippen molar-refractivity contribution in [2.45, 2.75) is 76.4 Å². The van der Waals surface area contributed by atoms with Gasteiger partial charge < -0.3 is 10.6 Å². The predicted octanol–water partition coefficient (Wildman–Crippen LogP) is 3.45. The van der Waals surface area contributed by atoms with Crippen molar-refractivity contribution < 1.29 is 9.59 Å². The Morgan fingerprint density at radius 1 is 1.12 bits per heavy atom. The van der Waals surface area contributed by atoms with Crippen LogP contribution >= 0.6 is 0 Å². The molecule has 26 heavy (non-hydrogen) atoms. The molecule has 1 aromatic carbocycles. The first kappa shape index (κ1) is 18.9. The third-order valence-electron chi connectivity index (χ3n) is 5.69. The third kappa shape index (κ3) is 5.07. The minimum atomic E-state index is -0.422. The number of amides is 2. The van der Waals surface area contributed by atoms with Gasteiger partial charge in [0.05, 0.1) is 0 Å². The van der Waals surface area contributed by atoms with Crippen LogP contribution in [0.1, 0.15) is 63.4 Å². The van der Waals surface area contributed by atoms with Gasteiger partial charge in [-0.2, -0.15) is 0 Å². The highest BCUT2D eigenvalue weighted by Gasteiger charge is 2.24. The maximum absolute atomic E-state index is 12.7. The molecule has 1 heterocycles. The number of anilines is 1.